The molecule has 80 valence electrons. The standard InChI is InChI=1S/C9H8FNO2S2/c1-15(12,13)5-9-11-7-3-2-6(10)4-8(7)14-9/h2-4H,5H2,1H3. The molecule has 3 nitrogen and oxygen atoms in total. The Morgan fingerprint density at radius 3 is 2.87 bits per heavy atom. The van der Waals surface area contributed by atoms with E-state index >= 15 is 0 Å². The average Bonchev–Trinajstić information content (AvgIpc) is 2.42. The SMILES string of the molecule is CS(=O)(=O)Cc1nc2ccc(F)cc2s1. The van der Waals surface area contributed by atoms with Crippen molar-refractivity contribution in [3.05, 3.63) is 29.0 Å². The number of sulfone groups is 1. The van der Waals surface area contributed by atoms with Crippen LogP contribution in [0.15, 0.2) is 18.2 Å². The minimum Gasteiger partial charge on any atom is -0.240 e. The fourth-order valence-corrected chi connectivity index (χ4v) is 3.41. The van der Waals surface area contributed by atoms with E-state index < -0.39 is 9.84 Å². The third kappa shape index (κ3) is 2.51. The Labute approximate surface area is 90.5 Å². The second kappa shape index (κ2) is 3.53. The Morgan fingerprint density at radius 1 is 1.47 bits per heavy atom. The molecule has 0 aliphatic carbocycles. The van der Waals surface area contributed by atoms with Crippen LogP contribution in [0.4, 0.5) is 4.39 Å². The highest BCUT2D eigenvalue weighted by Crippen LogP contribution is 2.23. The van der Waals surface area contributed by atoms with Gasteiger partial charge in [-0.15, -0.1) is 11.3 Å². The molecular weight excluding hydrogens is 237 g/mol. The summed E-state index contributed by atoms with van der Waals surface area (Å²) in [6, 6.07) is 4.22. The fraction of sp³-hybridized carbons (Fsp3) is 0.222. The number of benzene rings is 1. The number of hydrogen-bond donors (Lipinski definition) is 0. The highest BCUT2D eigenvalue weighted by Gasteiger charge is 2.10. The zero-order chi connectivity index (χ0) is 11.1. The average molecular weight is 245 g/mol. The van der Waals surface area contributed by atoms with E-state index in [4.69, 9.17) is 0 Å². The van der Waals surface area contributed by atoms with E-state index in [1.165, 1.54) is 23.5 Å². The predicted molar refractivity (Wildman–Crippen MR) is 58.1 cm³/mol. The molecule has 0 saturated heterocycles. The summed E-state index contributed by atoms with van der Waals surface area (Å²) in [7, 11) is -3.08. The van der Waals surface area contributed by atoms with Crippen molar-refractivity contribution < 1.29 is 12.8 Å². The molecule has 2 aromatic rings. The van der Waals surface area contributed by atoms with Crippen molar-refractivity contribution in [1.29, 1.82) is 0 Å². The number of aromatic nitrogens is 1. The first-order chi connectivity index (χ1) is 6.94. The smallest absolute Gasteiger partial charge is 0.153 e. The maximum Gasteiger partial charge on any atom is 0.153 e. The largest absolute Gasteiger partial charge is 0.240 e. The summed E-state index contributed by atoms with van der Waals surface area (Å²) in [4.78, 5) is 4.11. The van der Waals surface area contributed by atoms with Crippen LogP contribution in [-0.4, -0.2) is 19.7 Å². The van der Waals surface area contributed by atoms with Gasteiger partial charge in [-0.05, 0) is 18.2 Å². The number of rotatable bonds is 2. The van der Waals surface area contributed by atoms with Crippen LogP contribution in [-0.2, 0) is 15.6 Å². The van der Waals surface area contributed by atoms with Crippen molar-refractivity contribution >= 4 is 31.4 Å². The van der Waals surface area contributed by atoms with Crippen LogP contribution in [0.5, 0.6) is 0 Å². The van der Waals surface area contributed by atoms with Crippen molar-refractivity contribution in [3.63, 3.8) is 0 Å². The molecule has 2 rings (SSSR count). The van der Waals surface area contributed by atoms with E-state index in [1.807, 2.05) is 0 Å². The summed E-state index contributed by atoms with van der Waals surface area (Å²) in [6.45, 7) is 0. The van der Waals surface area contributed by atoms with Crippen LogP contribution < -0.4 is 0 Å². The van der Waals surface area contributed by atoms with Crippen LogP contribution in [0.2, 0.25) is 0 Å². The number of hydrogen-bond acceptors (Lipinski definition) is 4. The molecule has 0 N–H and O–H groups in total. The zero-order valence-electron chi connectivity index (χ0n) is 7.90. The van der Waals surface area contributed by atoms with Gasteiger partial charge in [-0.25, -0.2) is 17.8 Å². The lowest BCUT2D eigenvalue weighted by molar-refractivity contribution is 0.601. The van der Waals surface area contributed by atoms with Gasteiger partial charge in [0.2, 0.25) is 0 Å². The summed E-state index contributed by atoms with van der Waals surface area (Å²) in [5, 5.41) is 0.498. The molecule has 0 bridgehead atoms. The summed E-state index contributed by atoms with van der Waals surface area (Å²) in [6.07, 6.45) is 1.15. The second-order valence-corrected chi connectivity index (χ2v) is 6.55. The zero-order valence-corrected chi connectivity index (χ0v) is 9.53. The monoisotopic (exact) mass is 245 g/mol. The summed E-state index contributed by atoms with van der Waals surface area (Å²) < 4.78 is 35.6. The third-order valence-corrected chi connectivity index (χ3v) is 3.78. The van der Waals surface area contributed by atoms with Gasteiger partial charge in [0.1, 0.15) is 16.6 Å². The quantitative estimate of drug-likeness (QED) is 0.812. The lowest BCUT2D eigenvalue weighted by Crippen LogP contribution is -1.99. The molecule has 0 atom stereocenters. The fourth-order valence-electron chi connectivity index (χ4n) is 1.23. The second-order valence-electron chi connectivity index (χ2n) is 3.29. The molecule has 0 amide bonds. The van der Waals surface area contributed by atoms with Crippen molar-refractivity contribution in [2.24, 2.45) is 0 Å². The topological polar surface area (TPSA) is 47.0 Å². The number of fused-ring (bicyclic) bond motifs is 1. The lowest BCUT2D eigenvalue weighted by Gasteiger charge is -1.90. The van der Waals surface area contributed by atoms with Crippen LogP contribution in [0.1, 0.15) is 5.01 Å². The van der Waals surface area contributed by atoms with E-state index in [9.17, 15) is 12.8 Å². The van der Waals surface area contributed by atoms with Gasteiger partial charge in [-0.1, -0.05) is 0 Å². The van der Waals surface area contributed by atoms with Gasteiger partial charge in [0.15, 0.2) is 9.84 Å². The van der Waals surface area contributed by atoms with Gasteiger partial charge < -0.3 is 0 Å². The first-order valence-electron chi connectivity index (χ1n) is 4.17. The van der Waals surface area contributed by atoms with Crippen LogP contribution in [0.25, 0.3) is 10.2 Å². The Bertz CT molecular complexity index is 604. The van der Waals surface area contributed by atoms with Crippen LogP contribution in [0.3, 0.4) is 0 Å². The molecular formula is C9H8FNO2S2. The Hall–Kier alpha value is -1.01. The number of halogens is 1. The maximum atomic E-state index is 12.8. The minimum absolute atomic E-state index is 0.0893. The highest BCUT2D eigenvalue weighted by molar-refractivity contribution is 7.90. The molecule has 0 aliphatic heterocycles. The predicted octanol–water partition coefficient (Wildman–Crippen LogP) is 1.98. The van der Waals surface area contributed by atoms with E-state index in [-0.39, 0.29) is 11.6 Å². The van der Waals surface area contributed by atoms with E-state index in [1.54, 1.807) is 6.07 Å². The van der Waals surface area contributed by atoms with Gasteiger partial charge >= 0.3 is 0 Å². The van der Waals surface area contributed by atoms with Crippen molar-refractivity contribution in [2.45, 2.75) is 5.75 Å². The Kier molecular flexibility index (Phi) is 2.47. The first-order valence-corrected chi connectivity index (χ1v) is 7.04. The van der Waals surface area contributed by atoms with E-state index in [0.29, 0.717) is 15.2 Å². The third-order valence-electron chi connectivity index (χ3n) is 1.78. The molecule has 0 aliphatic rings. The maximum absolute atomic E-state index is 12.8. The van der Waals surface area contributed by atoms with Gasteiger partial charge in [0.25, 0.3) is 0 Å². The summed E-state index contributed by atoms with van der Waals surface area (Å²) >= 11 is 1.21. The summed E-state index contributed by atoms with van der Waals surface area (Å²) in [5.74, 6) is -0.425. The molecule has 0 unspecified atom stereocenters. The first kappa shape index (κ1) is 10.5. The van der Waals surface area contributed by atoms with Gasteiger partial charge in [-0.3, -0.25) is 0 Å². The highest BCUT2D eigenvalue weighted by atomic mass is 32.2. The van der Waals surface area contributed by atoms with Crippen molar-refractivity contribution in [1.82, 2.24) is 4.98 Å². The van der Waals surface area contributed by atoms with Gasteiger partial charge in [-0.2, -0.15) is 0 Å². The normalized spacial score (nSPS) is 12.1. The van der Waals surface area contributed by atoms with Gasteiger partial charge in [0.05, 0.1) is 10.2 Å². The molecule has 1 heterocycles. The molecule has 0 radical (unpaired) electrons. The Morgan fingerprint density at radius 2 is 2.20 bits per heavy atom. The van der Waals surface area contributed by atoms with Crippen LogP contribution in [0, 0.1) is 5.82 Å². The van der Waals surface area contributed by atoms with E-state index in [2.05, 4.69) is 4.98 Å². The Balaban J connectivity index is 2.48. The molecule has 1 aromatic carbocycles. The van der Waals surface area contributed by atoms with Crippen LogP contribution >= 0.6 is 11.3 Å². The minimum atomic E-state index is -3.08. The lowest BCUT2D eigenvalue weighted by atomic mass is 10.3. The molecule has 0 fully saturated rings. The molecule has 0 saturated carbocycles. The van der Waals surface area contributed by atoms with Crippen molar-refractivity contribution in [3.8, 4) is 0 Å². The molecule has 15 heavy (non-hydrogen) atoms. The van der Waals surface area contributed by atoms with E-state index in [0.717, 1.165) is 6.26 Å². The molecule has 1 aromatic heterocycles. The number of nitrogens with zero attached hydrogens (tertiary/aromatic N) is 1. The molecule has 0 spiro atoms. The van der Waals surface area contributed by atoms with Gasteiger partial charge in [0, 0.05) is 6.26 Å². The summed E-state index contributed by atoms with van der Waals surface area (Å²) in [5.41, 5.74) is 0.639. The number of thiazole rings is 1. The molecule has 6 heteroatoms. The van der Waals surface area contributed by atoms with Crippen molar-refractivity contribution in [2.75, 3.05) is 6.26 Å².